The van der Waals surface area contributed by atoms with Gasteiger partial charge < -0.3 is 30.1 Å². The molecule has 0 bridgehead atoms. The van der Waals surface area contributed by atoms with E-state index in [4.69, 9.17) is 9.26 Å². The minimum atomic E-state index is -1.32. The van der Waals surface area contributed by atoms with Gasteiger partial charge in [-0.25, -0.2) is 14.6 Å². The minimum absolute atomic E-state index is 0.0592. The fourth-order valence-corrected chi connectivity index (χ4v) is 4.47. The molecular weight excluding hydrogens is 542 g/mol. The van der Waals surface area contributed by atoms with Crippen molar-refractivity contribution in [1.29, 1.82) is 0 Å². The summed E-state index contributed by atoms with van der Waals surface area (Å²) in [6.07, 6.45) is 1.50. The third kappa shape index (κ3) is 5.72. The van der Waals surface area contributed by atoms with Crippen LogP contribution in [0.4, 0.5) is 17.6 Å². The first-order chi connectivity index (χ1) is 20.1. The smallest absolute Gasteiger partial charge is 0.278 e. The first-order valence-corrected chi connectivity index (χ1v) is 13.3. The second-order valence-corrected chi connectivity index (χ2v) is 10.5. The highest BCUT2D eigenvalue weighted by Gasteiger charge is 2.26. The zero-order valence-corrected chi connectivity index (χ0v) is 23.9. The van der Waals surface area contributed by atoms with E-state index in [1.807, 2.05) is 44.2 Å². The summed E-state index contributed by atoms with van der Waals surface area (Å²) in [6, 6.07) is 12.2. The Kier molecular flexibility index (Phi) is 8.02. The van der Waals surface area contributed by atoms with Gasteiger partial charge in [-0.3, -0.25) is 9.48 Å². The first-order valence-electron chi connectivity index (χ1n) is 13.3. The fourth-order valence-electron chi connectivity index (χ4n) is 4.47. The second kappa shape index (κ2) is 11.7. The van der Waals surface area contributed by atoms with Crippen LogP contribution >= 0.6 is 0 Å². The number of nitrogens with zero attached hydrogens (tertiary/aromatic N) is 7. The summed E-state index contributed by atoms with van der Waals surface area (Å²) in [5.41, 5.74) is 0.167. The van der Waals surface area contributed by atoms with E-state index in [2.05, 4.69) is 35.7 Å². The Hall–Kier alpha value is -4.66. The maximum atomic E-state index is 13.0. The quantitative estimate of drug-likeness (QED) is 0.181. The molecule has 0 fully saturated rings. The molecule has 14 nitrogen and oxygen atoms in total. The molecule has 0 amide bonds. The van der Waals surface area contributed by atoms with E-state index in [1.54, 1.807) is 30.7 Å². The normalized spacial score (nSPS) is 12.7. The Morgan fingerprint density at radius 2 is 1.86 bits per heavy atom. The molecule has 0 unspecified atom stereocenters. The van der Waals surface area contributed by atoms with Gasteiger partial charge in [-0.15, -0.1) is 0 Å². The van der Waals surface area contributed by atoms with Gasteiger partial charge in [-0.2, -0.15) is 9.97 Å². The van der Waals surface area contributed by atoms with Gasteiger partial charge >= 0.3 is 0 Å². The number of pyridine rings is 1. The van der Waals surface area contributed by atoms with E-state index in [0.29, 0.717) is 28.2 Å². The molecule has 0 radical (unpaired) electrons. The van der Waals surface area contributed by atoms with Gasteiger partial charge in [0.15, 0.2) is 5.65 Å². The third-order valence-electron chi connectivity index (χ3n) is 6.49. The zero-order valence-electron chi connectivity index (χ0n) is 23.9. The summed E-state index contributed by atoms with van der Waals surface area (Å²) in [5, 5.41) is 31.2. The lowest BCUT2D eigenvalue weighted by Gasteiger charge is -2.19. The second-order valence-electron chi connectivity index (χ2n) is 10.5. The van der Waals surface area contributed by atoms with Crippen LogP contribution in [-0.4, -0.2) is 58.4 Å². The molecule has 4 heterocycles. The summed E-state index contributed by atoms with van der Waals surface area (Å²) in [7, 11) is 1.53. The molecule has 5 rings (SSSR count). The molecule has 1 atom stereocenters. The van der Waals surface area contributed by atoms with Crippen LogP contribution < -0.4 is 16.2 Å². The average Bonchev–Trinajstić information content (AvgIpc) is 3.56. The number of aromatic nitrogens is 7. The van der Waals surface area contributed by atoms with E-state index >= 15 is 0 Å². The maximum absolute atomic E-state index is 13.0. The average molecular weight is 576 g/mol. The highest BCUT2D eigenvalue weighted by molar-refractivity contribution is 5.77. The number of aliphatic hydroxyl groups is 2. The van der Waals surface area contributed by atoms with E-state index < -0.39 is 11.6 Å². The van der Waals surface area contributed by atoms with Crippen LogP contribution in [0.1, 0.15) is 51.2 Å². The Morgan fingerprint density at radius 1 is 1.10 bits per heavy atom. The van der Waals surface area contributed by atoms with Crippen molar-refractivity contribution in [2.24, 2.45) is 0 Å². The lowest BCUT2D eigenvalue weighted by Crippen LogP contribution is -2.25. The highest BCUT2D eigenvalue weighted by Crippen LogP contribution is 2.31. The van der Waals surface area contributed by atoms with Crippen LogP contribution in [0.2, 0.25) is 0 Å². The maximum Gasteiger partial charge on any atom is 0.278 e. The van der Waals surface area contributed by atoms with Gasteiger partial charge in [0.05, 0.1) is 18.0 Å². The molecule has 220 valence electrons. The van der Waals surface area contributed by atoms with Crippen LogP contribution in [0.3, 0.4) is 0 Å². The summed E-state index contributed by atoms with van der Waals surface area (Å²) in [6.45, 7) is 6.88. The van der Waals surface area contributed by atoms with Gasteiger partial charge in [0.2, 0.25) is 11.8 Å². The Morgan fingerprint density at radius 3 is 2.50 bits per heavy atom. The molecule has 0 aliphatic rings. The minimum Gasteiger partial charge on any atom is -0.394 e. The third-order valence-corrected chi connectivity index (χ3v) is 6.49. The lowest BCUT2D eigenvalue weighted by molar-refractivity contribution is 0.0661. The number of rotatable bonds is 11. The molecule has 0 saturated carbocycles. The predicted molar refractivity (Wildman–Crippen MR) is 155 cm³/mol. The van der Waals surface area contributed by atoms with E-state index in [9.17, 15) is 15.0 Å². The van der Waals surface area contributed by atoms with Crippen molar-refractivity contribution in [2.75, 3.05) is 24.4 Å². The molecule has 4 N–H and O–H groups in total. The van der Waals surface area contributed by atoms with Gasteiger partial charge in [0, 0.05) is 19.3 Å². The lowest BCUT2D eigenvalue weighted by atomic mass is 10.1. The van der Waals surface area contributed by atoms with Gasteiger partial charge in [-0.05, 0) is 45.4 Å². The van der Waals surface area contributed by atoms with Crippen molar-refractivity contribution in [3.8, 4) is 11.5 Å². The first kappa shape index (κ1) is 28.9. The van der Waals surface area contributed by atoms with Gasteiger partial charge in [0.1, 0.15) is 29.5 Å². The van der Waals surface area contributed by atoms with Crippen LogP contribution in [0, 0.1) is 0 Å². The largest absolute Gasteiger partial charge is 0.394 e. The summed E-state index contributed by atoms with van der Waals surface area (Å²) in [5.74, 6) is 1.09. The van der Waals surface area contributed by atoms with Crippen molar-refractivity contribution >= 4 is 28.6 Å². The molecule has 14 heteroatoms. The van der Waals surface area contributed by atoms with Gasteiger partial charge in [0.25, 0.3) is 11.4 Å². The number of fused-ring (bicyclic) bond motifs is 1. The molecule has 0 saturated heterocycles. The number of hydrogen-bond donors (Lipinski definition) is 4. The van der Waals surface area contributed by atoms with E-state index in [0.717, 1.165) is 5.56 Å². The zero-order chi connectivity index (χ0) is 30.0. The SMILES string of the molecule is COCn1c(=O)c2ccc(Nc3ncc(-c4nc(C(C)(C)O)no4)c(N[C@H](CO)c4ccccc4)n3)nc2n1C(C)C. The molecular formula is C28H33N9O5. The molecule has 1 aromatic carbocycles. The molecule has 0 aliphatic heterocycles. The molecule has 0 aliphatic carbocycles. The van der Waals surface area contributed by atoms with Crippen LogP contribution in [0.25, 0.3) is 22.5 Å². The standard InChI is InChI=1S/C28H33N9O5/c1-16(2)37-23-18(25(39)36(37)15-41-5)11-12-21(31-23)32-27-29-13-19(24-34-26(35-42-24)28(3,4)40)22(33-27)30-20(14-38)17-9-7-6-8-10-17/h6-13,16,20,38,40H,14-15H2,1-5H3,(H2,29,30,31,32,33)/t20-/m1/s1. The van der Waals surface area contributed by atoms with Crippen molar-refractivity contribution in [2.45, 2.75) is 52.1 Å². The molecule has 5 aromatic rings. The molecule has 4 aromatic heterocycles. The number of ether oxygens (including phenoxy) is 1. The van der Waals surface area contributed by atoms with Crippen LogP contribution in [-0.2, 0) is 17.1 Å². The van der Waals surface area contributed by atoms with Crippen molar-refractivity contribution in [1.82, 2.24) is 34.5 Å². The highest BCUT2D eigenvalue weighted by atomic mass is 16.5. The fraction of sp³-hybridized carbons (Fsp3) is 0.357. The Bertz CT molecular complexity index is 1740. The summed E-state index contributed by atoms with van der Waals surface area (Å²) in [4.78, 5) is 31.1. The topological polar surface area (TPSA) is 178 Å². The van der Waals surface area contributed by atoms with E-state index in [1.165, 1.54) is 18.0 Å². The van der Waals surface area contributed by atoms with Crippen LogP contribution in [0.15, 0.2) is 58.0 Å². The Balaban J connectivity index is 1.55. The van der Waals surface area contributed by atoms with E-state index in [-0.39, 0.29) is 42.6 Å². The van der Waals surface area contributed by atoms with Gasteiger partial charge in [-0.1, -0.05) is 35.5 Å². The number of benzene rings is 1. The number of nitrogens with one attached hydrogen (secondary N) is 2. The summed E-state index contributed by atoms with van der Waals surface area (Å²) < 4.78 is 14.0. The van der Waals surface area contributed by atoms with Crippen molar-refractivity contribution in [3.05, 3.63) is 70.4 Å². The van der Waals surface area contributed by atoms with Crippen LogP contribution in [0.5, 0.6) is 0 Å². The molecule has 42 heavy (non-hydrogen) atoms. The summed E-state index contributed by atoms with van der Waals surface area (Å²) >= 11 is 0. The number of anilines is 3. The monoisotopic (exact) mass is 575 g/mol. The molecule has 0 spiro atoms. The predicted octanol–water partition coefficient (Wildman–Crippen LogP) is 3.34. The van der Waals surface area contributed by atoms with Crippen molar-refractivity contribution < 1.29 is 19.5 Å². The Labute approximate surface area is 241 Å². The number of methoxy groups -OCH3 is 1. The number of aliphatic hydroxyl groups excluding tert-OH is 1. The van der Waals surface area contributed by atoms with Crippen molar-refractivity contribution in [3.63, 3.8) is 0 Å². The number of hydrogen-bond acceptors (Lipinski definition) is 12.